The van der Waals surface area contributed by atoms with Crippen molar-refractivity contribution in [3.63, 3.8) is 0 Å². The van der Waals surface area contributed by atoms with Crippen molar-refractivity contribution in [1.29, 1.82) is 0 Å². The van der Waals surface area contributed by atoms with Crippen LogP contribution < -0.4 is 0 Å². The molecular formula is C28H24O8. The molecule has 0 fully saturated rings. The van der Waals surface area contributed by atoms with Gasteiger partial charge in [0.1, 0.15) is 40.8 Å². The number of ether oxygens (including phenoxy) is 1. The molecule has 184 valence electrons. The van der Waals surface area contributed by atoms with Gasteiger partial charge in [-0.1, -0.05) is 6.58 Å². The van der Waals surface area contributed by atoms with E-state index in [9.17, 15) is 24.6 Å². The van der Waals surface area contributed by atoms with E-state index in [2.05, 4.69) is 6.58 Å². The fourth-order valence-electron chi connectivity index (χ4n) is 5.02. The van der Waals surface area contributed by atoms with Crippen LogP contribution in [-0.2, 0) is 14.9 Å². The van der Waals surface area contributed by atoms with Gasteiger partial charge in [-0.15, -0.1) is 0 Å². The van der Waals surface area contributed by atoms with Crippen LogP contribution in [0.3, 0.4) is 0 Å². The summed E-state index contributed by atoms with van der Waals surface area (Å²) in [5.74, 6) is -0.562. The third-order valence-electron chi connectivity index (χ3n) is 6.85. The van der Waals surface area contributed by atoms with Crippen LogP contribution >= 0.6 is 0 Å². The van der Waals surface area contributed by atoms with Crippen molar-refractivity contribution >= 4 is 45.0 Å². The maximum Gasteiger partial charge on any atom is 0.302 e. The first-order valence-corrected chi connectivity index (χ1v) is 11.4. The number of hydrogen-bond donors (Lipinski definition) is 2. The molecule has 8 nitrogen and oxygen atoms in total. The lowest BCUT2D eigenvalue weighted by molar-refractivity contribution is -0.142. The molecule has 1 atom stereocenters. The Hall–Kier alpha value is -4.33. The number of furan rings is 2. The number of esters is 1. The number of phenolic OH excluding ortho intramolecular Hbond substituents is 2. The summed E-state index contributed by atoms with van der Waals surface area (Å²) >= 11 is 0. The molecule has 2 aromatic heterocycles. The van der Waals surface area contributed by atoms with Gasteiger partial charge in [0, 0.05) is 23.3 Å². The topological polar surface area (TPSA) is 127 Å². The van der Waals surface area contributed by atoms with Crippen LogP contribution in [0.2, 0.25) is 0 Å². The number of allylic oxidation sites excluding steroid dienone is 1. The molecule has 0 spiro atoms. The number of phenols is 2. The first kappa shape index (κ1) is 23.4. The van der Waals surface area contributed by atoms with E-state index in [1.54, 1.807) is 6.07 Å². The van der Waals surface area contributed by atoms with Crippen molar-refractivity contribution in [2.75, 3.05) is 6.61 Å². The van der Waals surface area contributed by atoms with E-state index in [0.29, 0.717) is 51.9 Å². The molecule has 0 amide bonds. The van der Waals surface area contributed by atoms with Crippen molar-refractivity contribution < 1.29 is 38.2 Å². The Morgan fingerprint density at radius 1 is 0.944 bits per heavy atom. The van der Waals surface area contributed by atoms with Crippen molar-refractivity contribution in [2.24, 2.45) is 0 Å². The summed E-state index contributed by atoms with van der Waals surface area (Å²) in [7, 11) is 0. The zero-order valence-electron chi connectivity index (χ0n) is 20.1. The van der Waals surface area contributed by atoms with Crippen molar-refractivity contribution in [3.05, 3.63) is 65.1 Å². The Kier molecular flexibility index (Phi) is 5.28. The quantitative estimate of drug-likeness (QED) is 0.272. The smallest absolute Gasteiger partial charge is 0.302 e. The van der Waals surface area contributed by atoms with E-state index >= 15 is 0 Å². The highest BCUT2D eigenvalue weighted by Gasteiger charge is 2.47. The van der Waals surface area contributed by atoms with Gasteiger partial charge in [0.05, 0.1) is 16.5 Å². The average Bonchev–Trinajstić information content (AvgIpc) is 3.39. The maximum absolute atomic E-state index is 12.0. The summed E-state index contributed by atoms with van der Waals surface area (Å²) in [4.78, 5) is 35.9. The molecule has 2 heterocycles. The Labute approximate surface area is 205 Å². The lowest BCUT2D eigenvalue weighted by Gasteiger charge is -2.35. The number of carbonyl (C=O) groups is 3. The Bertz CT molecular complexity index is 1620. The molecule has 2 N–H and O–H groups in total. The number of Topliss-reactive ketones (excluding diaryl/α,β-unsaturated/α-hetero) is 2. The Morgan fingerprint density at radius 3 is 2.22 bits per heavy atom. The molecule has 8 heteroatoms. The molecule has 2 aromatic carbocycles. The molecule has 0 saturated carbocycles. The van der Waals surface area contributed by atoms with Gasteiger partial charge in [-0.05, 0) is 62.6 Å². The number of rotatable bonds is 5. The van der Waals surface area contributed by atoms with Gasteiger partial charge in [-0.3, -0.25) is 14.4 Å². The molecule has 0 bridgehead atoms. The first-order valence-electron chi connectivity index (χ1n) is 11.4. The van der Waals surface area contributed by atoms with Crippen LogP contribution in [0.25, 0.3) is 27.5 Å². The first-order chi connectivity index (χ1) is 17.0. The second-order valence-electron chi connectivity index (χ2n) is 9.27. The van der Waals surface area contributed by atoms with E-state index < -0.39 is 11.4 Å². The SMILES string of the molecule is C=C1CC[C@](COC(C)=O)(c2cc3cc(O)c(C(C)=O)cc3o2)c2c1oc1cc(C(C)=O)c(O)cc21. The van der Waals surface area contributed by atoms with Gasteiger partial charge in [0.25, 0.3) is 0 Å². The fraction of sp³-hybridized carbons (Fsp3) is 0.250. The number of carbonyl (C=O) groups excluding carboxylic acids is 3. The van der Waals surface area contributed by atoms with E-state index in [4.69, 9.17) is 13.6 Å². The number of hydrogen-bond acceptors (Lipinski definition) is 8. The van der Waals surface area contributed by atoms with Crippen LogP contribution in [0.1, 0.15) is 71.4 Å². The predicted octanol–water partition coefficient (Wildman–Crippen LogP) is 5.65. The van der Waals surface area contributed by atoms with E-state index in [1.807, 2.05) is 0 Å². The minimum absolute atomic E-state index is 0.0855. The zero-order chi connectivity index (χ0) is 25.9. The summed E-state index contributed by atoms with van der Waals surface area (Å²) in [5, 5.41) is 22.0. The zero-order valence-corrected chi connectivity index (χ0v) is 20.1. The normalized spacial score (nSPS) is 17.4. The fourth-order valence-corrected chi connectivity index (χ4v) is 5.02. The van der Waals surface area contributed by atoms with E-state index in [1.165, 1.54) is 45.0 Å². The van der Waals surface area contributed by atoms with Gasteiger partial charge in [0.15, 0.2) is 11.6 Å². The number of ketones is 2. The second-order valence-corrected chi connectivity index (χ2v) is 9.27. The Morgan fingerprint density at radius 2 is 1.58 bits per heavy atom. The predicted molar refractivity (Wildman–Crippen MR) is 131 cm³/mol. The lowest BCUT2D eigenvalue weighted by Crippen LogP contribution is -2.36. The highest BCUT2D eigenvalue weighted by atomic mass is 16.5. The average molecular weight is 488 g/mol. The third kappa shape index (κ3) is 3.48. The molecule has 4 aromatic rings. The van der Waals surface area contributed by atoms with Crippen LogP contribution in [0.5, 0.6) is 11.5 Å². The summed E-state index contributed by atoms with van der Waals surface area (Å²) in [6, 6.07) is 7.64. The molecule has 1 aliphatic carbocycles. The summed E-state index contributed by atoms with van der Waals surface area (Å²) in [5.41, 5.74) is 1.34. The number of aromatic hydroxyl groups is 2. The van der Waals surface area contributed by atoms with Crippen LogP contribution in [-0.4, -0.2) is 34.4 Å². The van der Waals surface area contributed by atoms with E-state index in [0.717, 1.165) is 5.57 Å². The molecule has 0 aliphatic heterocycles. The monoisotopic (exact) mass is 488 g/mol. The summed E-state index contributed by atoms with van der Waals surface area (Å²) in [6.07, 6.45) is 0.946. The highest BCUT2D eigenvalue weighted by Crippen LogP contribution is 2.52. The second kappa shape index (κ2) is 8.12. The van der Waals surface area contributed by atoms with Gasteiger partial charge < -0.3 is 23.8 Å². The van der Waals surface area contributed by atoms with Crippen LogP contribution in [0, 0.1) is 0 Å². The molecule has 36 heavy (non-hydrogen) atoms. The van der Waals surface area contributed by atoms with Gasteiger partial charge in [0.2, 0.25) is 0 Å². The standard InChI is InChI=1S/C28H24O8/c1-13-5-6-28(12-34-16(4)31,25-8-17-7-21(32)18(14(2)29)10-23(17)35-25)26-20-9-22(33)19(15(3)30)11-24(20)36-27(13)26/h7-11,32-33H,1,5-6,12H2,2-4H3/t28-/m0/s1. The van der Waals surface area contributed by atoms with Crippen molar-refractivity contribution in [3.8, 4) is 11.5 Å². The summed E-state index contributed by atoms with van der Waals surface area (Å²) < 4.78 is 17.9. The van der Waals surface area contributed by atoms with Crippen molar-refractivity contribution in [2.45, 2.75) is 39.0 Å². The minimum Gasteiger partial charge on any atom is -0.507 e. The maximum atomic E-state index is 12.0. The molecule has 0 unspecified atom stereocenters. The minimum atomic E-state index is -1.03. The summed E-state index contributed by atoms with van der Waals surface area (Å²) in [6.45, 7) is 8.07. The molecule has 0 saturated heterocycles. The number of fused-ring (bicyclic) bond motifs is 4. The molecule has 0 radical (unpaired) electrons. The van der Waals surface area contributed by atoms with Crippen molar-refractivity contribution in [1.82, 2.24) is 0 Å². The number of benzene rings is 2. The third-order valence-corrected chi connectivity index (χ3v) is 6.85. The lowest BCUT2D eigenvalue weighted by atomic mass is 9.69. The van der Waals surface area contributed by atoms with E-state index in [-0.39, 0.29) is 40.8 Å². The molecular weight excluding hydrogens is 464 g/mol. The largest absolute Gasteiger partial charge is 0.507 e. The van der Waals surface area contributed by atoms with Crippen LogP contribution in [0.4, 0.5) is 0 Å². The van der Waals surface area contributed by atoms with Gasteiger partial charge in [-0.2, -0.15) is 0 Å². The Balaban J connectivity index is 1.82. The highest BCUT2D eigenvalue weighted by molar-refractivity contribution is 6.03. The van der Waals surface area contributed by atoms with Gasteiger partial charge >= 0.3 is 5.97 Å². The van der Waals surface area contributed by atoms with Gasteiger partial charge in [-0.25, -0.2) is 0 Å². The van der Waals surface area contributed by atoms with Crippen LogP contribution in [0.15, 0.2) is 45.7 Å². The molecule has 5 rings (SSSR count). The molecule has 1 aliphatic rings.